The Kier molecular flexibility index (Phi) is 3.49. The molecule has 2 heteroatoms. The van der Waals surface area contributed by atoms with Gasteiger partial charge in [0.1, 0.15) is 0 Å². The van der Waals surface area contributed by atoms with E-state index in [1.165, 1.54) is 24.8 Å². The van der Waals surface area contributed by atoms with Crippen LogP contribution in [0.5, 0.6) is 0 Å². The maximum absolute atomic E-state index is 4.12. The van der Waals surface area contributed by atoms with Crippen LogP contribution in [-0.2, 0) is 19.3 Å². The SMILES string of the molecule is SCNCCc1ccc2c(c1)CCC2. The van der Waals surface area contributed by atoms with Gasteiger partial charge in [-0.2, -0.15) is 12.6 Å². The van der Waals surface area contributed by atoms with Crippen LogP contribution in [-0.4, -0.2) is 12.4 Å². The van der Waals surface area contributed by atoms with Crippen LogP contribution in [0.4, 0.5) is 0 Å². The molecule has 1 nitrogen and oxygen atoms in total. The first-order valence-electron chi connectivity index (χ1n) is 5.32. The lowest BCUT2D eigenvalue weighted by molar-refractivity contribution is 0.775. The highest BCUT2D eigenvalue weighted by Crippen LogP contribution is 2.22. The summed E-state index contributed by atoms with van der Waals surface area (Å²) < 4.78 is 0. The fourth-order valence-corrected chi connectivity index (χ4v) is 2.25. The highest BCUT2D eigenvalue weighted by Gasteiger charge is 2.10. The summed E-state index contributed by atoms with van der Waals surface area (Å²) in [6, 6.07) is 6.95. The second-order valence-corrected chi connectivity index (χ2v) is 4.18. The van der Waals surface area contributed by atoms with Crippen molar-refractivity contribution in [3.63, 3.8) is 0 Å². The van der Waals surface area contributed by atoms with E-state index in [2.05, 4.69) is 36.1 Å². The molecule has 0 radical (unpaired) electrons. The van der Waals surface area contributed by atoms with Crippen LogP contribution in [0.25, 0.3) is 0 Å². The van der Waals surface area contributed by atoms with E-state index in [-0.39, 0.29) is 0 Å². The van der Waals surface area contributed by atoms with E-state index in [1.54, 1.807) is 11.1 Å². The molecule has 0 aliphatic heterocycles. The lowest BCUT2D eigenvalue weighted by atomic mass is 10.0. The number of hydrogen-bond donors (Lipinski definition) is 2. The highest BCUT2D eigenvalue weighted by atomic mass is 32.1. The van der Waals surface area contributed by atoms with Gasteiger partial charge in [0.25, 0.3) is 0 Å². The van der Waals surface area contributed by atoms with Crippen molar-refractivity contribution in [3.05, 3.63) is 34.9 Å². The maximum Gasteiger partial charge on any atom is 0.0387 e. The second kappa shape index (κ2) is 4.85. The summed E-state index contributed by atoms with van der Waals surface area (Å²) in [6.45, 7) is 1.03. The first kappa shape index (κ1) is 10.1. The topological polar surface area (TPSA) is 12.0 Å². The van der Waals surface area contributed by atoms with Crippen molar-refractivity contribution in [2.45, 2.75) is 25.7 Å². The molecule has 1 aliphatic carbocycles. The number of aryl methyl sites for hydroxylation is 2. The molecule has 2 rings (SSSR count). The first-order chi connectivity index (χ1) is 6.90. The molecule has 0 saturated carbocycles. The van der Waals surface area contributed by atoms with E-state index in [1.807, 2.05) is 0 Å². The standard InChI is InChI=1S/C12H17NS/c14-9-13-7-6-10-4-5-11-2-1-3-12(11)8-10/h4-5,8,13-14H,1-3,6-7,9H2. The Balaban J connectivity index is 1.98. The van der Waals surface area contributed by atoms with Gasteiger partial charge in [-0.25, -0.2) is 0 Å². The van der Waals surface area contributed by atoms with Gasteiger partial charge in [-0.05, 0) is 48.9 Å². The molecule has 0 aromatic heterocycles. The van der Waals surface area contributed by atoms with Crippen LogP contribution in [0, 0.1) is 0 Å². The molecule has 1 aliphatic rings. The monoisotopic (exact) mass is 207 g/mol. The number of fused-ring (bicyclic) bond motifs is 1. The predicted molar refractivity (Wildman–Crippen MR) is 64.0 cm³/mol. The third-order valence-corrected chi connectivity index (χ3v) is 3.09. The number of hydrogen-bond acceptors (Lipinski definition) is 2. The molecule has 0 spiro atoms. The maximum atomic E-state index is 4.12. The van der Waals surface area contributed by atoms with Crippen LogP contribution in [0.3, 0.4) is 0 Å². The van der Waals surface area contributed by atoms with Crippen LogP contribution in [0.15, 0.2) is 18.2 Å². The van der Waals surface area contributed by atoms with Crippen molar-refractivity contribution in [2.75, 3.05) is 12.4 Å². The summed E-state index contributed by atoms with van der Waals surface area (Å²) in [6.07, 6.45) is 5.02. The second-order valence-electron chi connectivity index (χ2n) is 3.86. The van der Waals surface area contributed by atoms with Crippen molar-refractivity contribution in [1.82, 2.24) is 5.32 Å². The Morgan fingerprint density at radius 1 is 1.21 bits per heavy atom. The molecule has 0 unspecified atom stereocenters. The fraction of sp³-hybridized carbons (Fsp3) is 0.500. The highest BCUT2D eigenvalue weighted by molar-refractivity contribution is 7.80. The van der Waals surface area contributed by atoms with E-state index in [9.17, 15) is 0 Å². The largest absolute Gasteiger partial charge is 0.308 e. The zero-order valence-corrected chi connectivity index (χ0v) is 9.32. The smallest absolute Gasteiger partial charge is 0.0387 e. The molecule has 14 heavy (non-hydrogen) atoms. The normalized spacial score (nSPS) is 14.4. The third-order valence-electron chi connectivity index (χ3n) is 2.87. The van der Waals surface area contributed by atoms with Crippen LogP contribution >= 0.6 is 12.6 Å². The third kappa shape index (κ3) is 2.31. The minimum atomic E-state index is 0.769. The zero-order valence-electron chi connectivity index (χ0n) is 8.42. The van der Waals surface area contributed by atoms with E-state index in [0.717, 1.165) is 18.8 Å². The number of rotatable bonds is 4. The number of thiol groups is 1. The Hall–Kier alpha value is -0.470. The summed E-state index contributed by atoms with van der Waals surface area (Å²) in [4.78, 5) is 0. The van der Waals surface area contributed by atoms with Crippen LogP contribution in [0.2, 0.25) is 0 Å². The van der Waals surface area contributed by atoms with Crippen molar-refractivity contribution in [3.8, 4) is 0 Å². The molecule has 0 fully saturated rings. The molecule has 1 N–H and O–H groups in total. The van der Waals surface area contributed by atoms with Gasteiger partial charge in [-0.3, -0.25) is 0 Å². The minimum absolute atomic E-state index is 0.769. The molecular formula is C12H17NS. The Bertz CT molecular complexity index is 309. The molecule has 0 atom stereocenters. The number of benzene rings is 1. The summed E-state index contributed by atoms with van der Waals surface area (Å²) in [7, 11) is 0. The first-order valence-corrected chi connectivity index (χ1v) is 5.95. The summed E-state index contributed by atoms with van der Waals surface area (Å²) in [5.41, 5.74) is 4.60. The van der Waals surface area contributed by atoms with Gasteiger partial charge in [0.15, 0.2) is 0 Å². The molecule has 0 heterocycles. The molecule has 0 amide bonds. The van der Waals surface area contributed by atoms with E-state index in [0.29, 0.717) is 0 Å². The zero-order chi connectivity index (χ0) is 9.80. The van der Waals surface area contributed by atoms with E-state index >= 15 is 0 Å². The number of nitrogens with one attached hydrogen (secondary N) is 1. The van der Waals surface area contributed by atoms with Gasteiger partial charge in [0, 0.05) is 5.88 Å². The van der Waals surface area contributed by atoms with Crippen molar-refractivity contribution in [1.29, 1.82) is 0 Å². The molecule has 0 bridgehead atoms. The Morgan fingerprint density at radius 3 is 2.93 bits per heavy atom. The van der Waals surface area contributed by atoms with Crippen molar-refractivity contribution in [2.24, 2.45) is 0 Å². The van der Waals surface area contributed by atoms with Crippen molar-refractivity contribution < 1.29 is 0 Å². The van der Waals surface area contributed by atoms with Gasteiger partial charge >= 0.3 is 0 Å². The quantitative estimate of drug-likeness (QED) is 0.438. The van der Waals surface area contributed by atoms with Crippen LogP contribution < -0.4 is 5.32 Å². The Morgan fingerprint density at radius 2 is 2.07 bits per heavy atom. The van der Waals surface area contributed by atoms with Crippen LogP contribution in [0.1, 0.15) is 23.1 Å². The molecule has 1 aromatic rings. The molecule has 0 saturated heterocycles. The summed E-state index contributed by atoms with van der Waals surface area (Å²) >= 11 is 4.12. The van der Waals surface area contributed by atoms with E-state index in [4.69, 9.17) is 0 Å². The average Bonchev–Trinajstić information content (AvgIpc) is 2.65. The van der Waals surface area contributed by atoms with Crippen molar-refractivity contribution >= 4 is 12.6 Å². The lowest BCUT2D eigenvalue weighted by Gasteiger charge is -2.05. The van der Waals surface area contributed by atoms with Gasteiger partial charge < -0.3 is 5.32 Å². The molecular weight excluding hydrogens is 190 g/mol. The fourth-order valence-electron chi connectivity index (χ4n) is 2.09. The molecule has 1 aromatic carbocycles. The lowest BCUT2D eigenvalue weighted by Crippen LogP contribution is -2.14. The predicted octanol–water partition coefficient (Wildman–Crippen LogP) is 2.19. The average molecular weight is 207 g/mol. The van der Waals surface area contributed by atoms with Gasteiger partial charge in [-0.15, -0.1) is 0 Å². The van der Waals surface area contributed by atoms with Gasteiger partial charge in [-0.1, -0.05) is 18.2 Å². The van der Waals surface area contributed by atoms with Gasteiger partial charge in [0.05, 0.1) is 0 Å². The minimum Gasteiger partial charge on any atom is -0.308 e. The molecule has 76 valence electrons. The summed E-state index contributed by atoms with van der Waals surface area (Å²) in [5, 5.41) is 3.23. The summed E-state index contributed by atoms with van der Waals surface area (Å²) in [5.74, 6) is 0.769. The van der Waals surface area contributed by atoms with E-state index < -0.39 is 0 Å². The van der Waals surface area contributed by atoms with Gasteiger partial charge in [0.2, 0.25) is 0 Å². The Labute approximate surface area is 91.3 Å².